The Balaban J connectivity index is 1.62. The number of hydrogen-bond acceptors (Lipinski definition) is 3. The molecule has 0 saturated carbocycles. The van der Waals surface area contributed by atoms with Gasteiger partial charge in [0.25, 0.3) is 0 Å². The number of hydrogen-bond donors (Lipinski definition) is 2. The van der Waals surface area contributed by atoms with Gasteiger partial charge >= 0.3 is 0 Å². The molecule has 2 N–H and O–H groups in total. The van der Waals surface area contributed by atoms with Crippen LogP contribution < -0.4 is 9.80 Å². The Hall–Kier alpha value is -2.64. The summed E-state index contributed by atoms with van der Waals surface area (Å²) in [4.78, 5) is 2.94. The van der Waals surface area contributed by atoms with Crippen LogP contribution in [0.15, 0.2) is 54.6 Å². The molecule has 0 unspecified atom stereocenters. The Morgan fingerprint density at radius 2 is 1.72 bits per heavy atom. The van der Waals surface area contributed by atoms with Crippen LogP contribution >= 0.6 is 0 Å². The van der Waals surface area contributed by atoms with Crippen LogP contribution in [0, 0.1) is 5.82 Å². The van der Waals surface area contributed by atoms with Crippen molar-refractivity contribution in [2.24, 2.45) is 0 Å². The molecule has 1 aliphatic heterocycles. The number of nitrogens with one attached hydrogen (secondary N) is 2. The first-order valence-corrected chi connectivity index (χ1v) is 10.5. The van der Waals surface area contributed by atoms with E-state index in [-0.39, 0.29) is 11.9 Å². The average Bonchev–Trinajstić information content (AvgIpc) is 3.23. The van der Waals surface area contributed by atoms with Gasteiger partial charge in [-0.2, -0.15) is 0 Å². The van der Waals surface area contributed by atoms with Crippen molar-refractivity contribution in [1.29, 1.82) is 0 Å². The van der Waals surface area contributed by atoms with E-state index in [4.69, 9.17) is 0 Å². The van der Waals surface area contributed by atoms with Gasteiger partial charge in [-0.3, -0.25) is 0 Å². The summed E-state index contributed by atoms with van der Waals surface area (Å²) in [6, 6.07) is 17.2. The van der Waals surface area contributed by atoms with Gasteiger partial charge in [-0.1, -0.05) is 42.5 Å². The van der Waals surface area contributed by atoms with Gasteiger partial charge in [0.1, 0.15) is 32.0 Å². The van der Waals surface area contributed by atoms with Crippen molar-refractivity contribution in [1.82, 2.24) is 20.2 Å². The second-order valence-electron chi connectivity index (χ2n) is 7.71. The minimum Gasteiger partial charge on any atom is -0.326 e. The molecule has 1 aromatic heterocycles. The minimum absolute atomic E-state index is 0.187. The molecule has 0 aliphatic carbocycles. The highest BCUT2D eigenvalue weighted by molar-refractivity contribution is 5.24. The molecule has 29 heavy (non-hydrogen) atoms. The third kappa shape index (κ3) is 4.52. The van der Waals surface area contributed by atoms with Gasteiger partial charge in [0.15, 0.2) is 6.04 Å². The van der Waals surface area contributed by atoms with Gasteiger partial charge in [-0.15, -0.1) is 5.10 Å². The van der Waals surface area contributed by atoms with E-state index in [2.05, 4.69) is 34.6 Å². The smallest absolute Gasteiger partial charge is 0.214 e. The molecule has 0 spiro atoms. The fraction of sp³-hybridized carbons (Fsp3) is 0.409. The first-order chi connectivity index (χ1) is 14.3. The maximum Gasteiger partial charge on any atom is 0.214 e. The molecule has 2 heterocycles. The summed E-state index contributed by atoms with van der Waals surface area (Å²) in [5.74, 6) is 0.564. The number of benzene rings is 2. The van der Waals surface area contributed by atoms with Gasteiger partial charge in [0.05, 0.1) is 12.1 Å². The SMILES string of the molecule is CC[NH+]1CC[NH+]([C@@H](c2ccccc2F)c2nnnn2CCc2ccccc2)CC1. The van der Waals surface area contributed by atoms with Gasteiger partial charge < -0.3 is 9.80 Å². The predicted molar refractivity (Wildman–Crippen MR) is 108 cm³/mol. The number of quaternary nitrogens is 2. The highest BCUT2D eigenvalue weighted by Gasteiger charge is 2.36. The summed E-state index contributed by atoms with van der Waals surface area (Å²) in [7, 11) is 0. The Kier molecular flexibility index (Phi) is 6.27. The zero-order valence-electron chi connectivity index (χ0n) is 16.9. The lowest BCUT2D eigenvalue weighted by Gasteiger charge is -2.33. The molecule has 1 atom stereocenters. The fourth-order valence-electron chi connectivity index (χ4n) is 4.27. The van der Waals surface area contributed by atoms with E-state index < -0.39 is 0 Å². The van der Waals surface area contributed by atoms with Crippen molar-refractivity contribution >= 4 is 0 Å². The van der Waals surface area contributed by atoms with E-state index >= 15 is 0 Å². The fourth-order valence-corrected chi connectivity index (χ4v) is 4.27. The predicted octanol–water partition coefficient (Wildman–Crippen LogP) is -0.0524. The molecular weight excluding hydrogens is 367 g/mol. The first-order valence-electron chi connectivity index (χ1n) is 10.5. The molecular formula is C22H29FN6+2. The third-order valence-electron chi connectivity index (χ3n) is 6.00. The molecule has 1 saturated heterocycles. The van der Waals surface area contributed by atoms with E-state index in [1.807, 2.05) is 35.0 Å². The highest BCUT2D eigenvalue weighted by Crippen LogP contribution is 2.20. The Morgan fingerprint density at radius 1 is 1.00 bits per heavy atom. The van der Waals surface area contributed by atoms with Crippen LogP contribution in [0.1, 0.15) is 29.9 Å². The van der Waals surface area contributed by atoms with Gasteiger partial charge in [-0.05, 0) is 41.5 Å². The molecule has 1 aliphatic rings. The monoisotopic (exact) mass is 396 g/mol. The van der Waals surface area contributed by atoms with Crippen molar-refractivity contribution in [2.45, 2.75) is 25.9 Å². The summed E-state index contributed by atoms with van der Waals surface area (Å²) in [6.07, 6.45) is 0.839. The zero-order chi connectivity index (χ0) is 20.1. The number of tetrazole rings is 1. The highest BCUT2D eigenvalue weighted by atomic mass is 19.1. The molecule has 0 bridgehead atoms. The van der Waals surface area contributed by atoms with Crippen LogP contribution in [-0.2, 0) is 13.0 Å². The number of aryl methyl sites for hydroxylation is 2. The lowest BCUT2D eigenvalue weighted by molar-refractivity contribution is -1.02. The molecule has 3 aromatic rings. The van der Waals surface area contributed by atoms with Crippen molar-refractivity contribution in [3.05, 3.63) is 77.4 Å². The van der Waals surface area contributed by atoms with Crippen LogP contribution in [0.3, 0.4) is 0 Å². The zero-order valence-corrected chi connectivity index (χ0v) is 16.9. The number of rotatable bonds is 7. The molecule has 4 rings (SSSR count). The van der Waals surface area contributed by atoms with E-state index in [0.29, 0.717) is 12.1 Å². The topological polar surface area (TPSA) is 52.5 Å². The van der Waals surface area contributed by atoms with E-state index in [9.17, 15) is 4.39 Å². The van der Waals surface area contributed by atoms with Crippen LogP contribution in [0.5, 0.6) is 0 Å². The molecule has 6 nitrogen and oxygen atoms in total. The standard InChI is InChI=1S/C22H27FN6/c1-2-27-14-16-28(17-15-27)21(19-10-6-7-11-20(19)23)22-24-25-26-29(22)13-12-18-8-4-3-5-9-18/h3-11,21H,2,12-17H2,1H3/p+2/t21-/m0/s1. The summed E-state index contributed by atoms with van der Waals surface area (Å²) in [5.41, 5.74) is 1.92. The van der Waals surface area contributed by atoms with E-state index in [1.165, 1.54) is 16.5 Å². The lowest BCUT2D eigenvalue weighted by Crippen LogP contribution is -3.28. The van der Waals surface area contributed by atoms with Crippen molar-refractivity contribution < 1.29 is 14.2 Å². The number of aromatic nitrogens is 4. The molecule has 2 aromatic carbocycles. The van der Waals surface area contributed by atoms with Crippen LogP contribution in [0.25, 0.3) is 0 Å². The molecule has 0 radical (unpaired) electrons. The van der Waals surface area contributed by atoms with Crippen LogP contribution in [0.4, 0.5) is 4.39 Å². The first kappa shape index (κ1) is 19.7. The van der Waals surface area contributed by atoms with Gasteiger partial charge in [0.2, 0.25) is 5.82 Å². The Bertz CT molecular complexity index is 904. The minimum atomic E-state index is -0.194. The van der Waals surface area contributed by atoms with Crippen molar-refractivity contribution in [2.75, 3.05) is 32.7 Å². The number of nitrogens with zero attached hydrogens (tertiary/aromatic N) is 4. The van der Waals surface area contributed by atoms with Crippen molar-refractivity contribution in [3.8, 4) is 0 Å². The second kappa shape index (κ2) is 9.24. The largest absolute Gasteiger partial charge is 0.326 e. The molecule has 152 valence electrons. The van der Waals surface area contributed by atoms with Crippen LogP contribution in [0.2, 0.25) is 0 Å². The van der Waals surface area contributed by atoms with Gasteiger partial charge in [-0.25, -0.2) is 9.07 Å². The second-order valence-corrected chi connectivity index (χ2v) is 7.71. The quantitative estimate of drug-likeness (QED) is 0.589. The van der Waals surface area contributed by atoms with Crippen molar-refractivity contribution in [3.63, 3.8) is 0 Å². The van der Waals surface area contributed by atoms with E-state index in [1.54, 1.807) is 11.0 Å². The third-order valence-corrected chi connectivity index (χ3v) is 6.00. The van der Waals surface area contributed by atoms with E-state index in [0.717, 1.165) is 45.0 Å². The normalized spacial score (nSPS) is 20.5. The summed E-state index contributed by atoms with van der Waals surface area (Å²) in [5, 5.41) is 12.6. The number of likely N-dealkylation sites (N-methyl/N-ethyl adjacent to an activating group) is 1. The van der Waals surface area contributed by atoms with Gasteiger partial charge in [0, 0.05) is 6.54 Å². The summed E-state index contributed by atoms with van der Waals surface area (Å²) < 4.78 is 16.7. The maximum atomic E-state index is 14.8. The number of piperazine rings is 1. The number of halogens is 1. The summed E-state index contributed by atoms with van der Waals surface area (Å²) >= 11 is 0. The maximum absolute atomic E-state index is 14.8. The molecule has 7 heteroatoms. The summed E-state index contributed by atoms with van der Waals surface area (Å²) in [6.45, 7) is 8.16. The van der Waals surface area contributed by atoms with Crippen LogP contribution in [-0.4, -0.2) is 52.9 Å². The Morgan fingerprint density at radius 3 is 2.45 bits per heavy atom. The lowest BCUT2D eigenvalue weighted by atomic mass is 10.0. The average molecular weight is 397 g/mol. The Labute approximate surface area is 170 Å². The molecule has 0 amide bonds. The molecule has 1 fully saturated rings.